The number of aromatic nitrogens is 1. The molecule has 0 fully saturated rings. The third-order valence-electron chi connectivity index (χ3n) is 6.31. The van der Waals surface area contributed by atoms with Crippen LogP contribution in [0.25, 0.3) is 16.5 Å². The molecule has 0 saturated heterocycles. The number of aliphatic hydroxyl groups is 1. The van der Waals surface area contributed by atoms with Crippen LogP contribution in [0.15, 0.2) is 48.1 Å². The number of nitro benzene ring substituents is 1. The topological polar surface area (TPSA) is 103 Å². The molecule has 7 nitrogen and oxygen atoms in total. The summed E-state index contributed by atoms with van der Waals surface area (Å²) >= 11 is 0. The molecule has 0 saturated carbocycles. The van der Waals surface area contributed by atoms with Crippen LogP contribution in [0.4, 0.5) is 5.69 Å². The fourth-order valence-corrected chi connectivity index (χ4v) is 4.45. The smallest absolute Gasteiger partial charge is 0.343 e. The SMILES string of the molecule is C=CCc1c(/C(C)=C/C2=C(CC)COC(=O)[C@]2(O)CC)nc2ccc([N+](=O)[O-])cc2c1CC. The molecule has 0 bridgehead atoms. The molecule has 0 aliphatic carbocycles. The van der Waals surface area contributed by atoms with Crippen LogP contribution in [0, 0.1) is 10.1 Å². The summed E-state index contributed by atoms with van der Waals surface area (Å²) in [6.45, 7) is 11.7. The first-order chi connectivity index (χ1) is 15.7. The number of esters is 1. The Balaban J connectivity index is 2.30. The molecule has 33 heavy (non-hydrogen) atoms. The fourth-order valence-electron chi connectivity index (χ4n) is 4.45. The van der Waals surface area contributed by atoms with Gasteiger partial charge in [-0.3, -0.25) is 10.1 Å². The van der Waals surface area contributed by atoms with Crippen LogP contribution in [-0.2, 0) is 22.4 Å². The molecule has 0 radical (unpaired) electrons. The van der Waals surface area contributed by atoms with E-state index in [0.29, 0.717) is 30.4 Å². The van der Waals surface area contributed by atoms with Crippen molar-refractivity contribution in [2.24, 2.45) is 0 Å². The summed E-state index contributed by atoms with van der Waals surface area (Å²) in [7, 11) is 0. The number of ether oxygens (including phenoxy) is 1. The van der Waals surface area contributed by atoms with E-state index in [1.165, 1.54) is 6.07 Å². The summed E-state index contributed by atoms with van der Waals surface area (Å²) in [5.41, 5.74) is 3.86. The van der Waals surface area contributed by atoms with Gasteiger partial charge in [0.15, 0.2) is 5.60 Å². The molecular weight excluding hydrogens is 420 g/mol. The standard InChI is InChI=1S/C26H30N2O5/c1-6-10-20-19(8-3)21-14-18(28(31)32)11-12-23(21)27-24(20)16(5)13-22-17(7-2)15-33-25(29)26(22,30)9-4/h6,11-14,30H,1,7-10,15H2,2-5H3/b16-13+/t26-/m0/s1. The molecular formula is C26H30N2O5. The van der Waals surface area contributed by atoms with Crippen LogP contribution in [-0.4, -0.2) is 33.2 Å². The number of cyclic esters (lactones) is 1. The zero-order valence-corrected chi connectivity index (χ0v) is 19.6. The molecule has 1 aliphatic heterocycles. The Bertz CT molecular complexity index is 1190. The highest BCUT2D eigenvalue weighted by Crippen LogP contribution is 2.36. The number of nitrogens with zero attached hydrogens (tertiary/aromatic N) is 2. The van der Waals surface area contributed by atoms with Gasteiger partial charge < -0.3 is 9.84 Å². The number of fused-ring (bicyclic) bond motifs is 1. The highest BCUT2D eigenvalue weighted by molar-refractivity contribution is 5.90. The van der Waals surface area contributed by atoms with Crippen LogP contribution >= 0.6 is 0 Å². The van der Waals surface area contributed by atoms with Gasteiger partial charge >= 0.3 is 5.97 Å². The van der Waals surface area contributed by atoms with Crippen LogP contribution in [0.1, 0.15) is 57.4 Å². The van der Waals surface area contributed by atoms with E-state index in [1.54, 1.807) is 25.1 Å². The summed E-state index contributed by atoms with van der Waals surface area (Å²) in [4.78, 5) is 28.2. The molecule has 1 atom stereocenters. The van der Waals surface area contributed by atoms with Crippen molar-refractivity contribution in [2.45, 2.75) is 59.0 Å². The first kappa shape index (κ1) is 24.3. The number of hydrogen-bond donors (Lipinski definition) is 1. The lowest BCUT2D eigenvalue weighted by atomic mass is 9.83. The molecule has 0 spiro atoms. The molecule has 1 aromatic heterocycles. The maximum Gasteiger partial charge on any atom is 0.343 e. The zero-order valence-electron chi connectivity index (χ0n) is 19.6. The highest BCUT2D eigenvalue weighted by atomic mass is 16.6. The summed E-state index contributed by atoms with van der Waals surface area (Å²) in [5.74, 6) is -0.638. The van der Waals surface area contributed by atoms with E-state index in [1.807, 2.05) is 26.8 Å². The average Bonchev–Trinajstić information content (AvgIpc) is 2.81. The van der Waals surface area contributed by atoms with Crippen molar-refractivity contribution in [3.63, 3.8) is 0 Å². The van der Waals surface area contributed by atoms with Gasteiger partial charge in [0.25, 0.3) is 5.69 Å². The summed E-state index contributed by atoms with van der Waals surface area (Å²) in [6.07, 6.45) is 5.67. The number of hydrogen-bond acceptors (Lipinski definition) is 6. The van der Waals surface area contributed by atoms with Crippen molar-refractivity contribution in [2.75, 3.05) is 6.61 Å². The van der Waals surface area contributed by atoms with Gasteiger partial charge in [0.2, 0.25) is 0 Å². The van der Waals surface area contributed by atoms with Gasteiger partial charge in [0.05, 0.1) is 16.1 Å². The van der Waals surface area contributed by atoms with Crippen molar-refractivity contribution < 1.29 is 19.6 Å². The minimum Gasteiger partial charge on any atom is -0.459 e. The third-order valence-corrected chi connectivity index (χ3v) is 6.31. The van der Waals surface area contributed by atoms with Gasteiger partial charge in [-0.1, -0.05) is 32.9 Å². The monoisotopic (exact) mass is 450 g/mol. The Labute approximate surface area is 193 Å². The number of carbonyl (C=O) groups excluding carboxylic acids is 1. The van der Waals surface area contributed by atoms with Crippen molar-refractivity contribution in [3.8, 4) is 0 Å². The second-order valence-corrected chi connectivity index (χ2v) is 8.21. The summed E-state index contributed by atoms with van der Waals surface area (Å²) < 4.78 is 5.23. The number of pyridine rings is 1. The van der Waals surface area contributed by atoms with Crippen molar-refractivity contribution in [3.05, 3.63) is 75.0 Å². The molecule has 0 amide bonds. The van der Waals surface area contributed by atoms with Gasteiger partial charge in [0, 0.05) is 17.5 Å². The summed E-state index contributed by atoms with van der Waals surface area (Å²) in [5, 5.41) is 23.2. The van der Waals surface area contributed by atoms with E-state index in [9.17, 15) is 20.0 Å². The number of rotatable bonds is 8. The second kappa shape index (κ2) is 9.67. The van der Waals surface area contributed by atoms with Gasteiger partial charge in [-0.2, -0.15) is 0 Å². The maximum atomic E-state index is 12.4. The summed E-state index contributed by atoms with van der Waals surface area (Å²) in [6, 6.07) is 4.69. The average molecular weight is 451 g/mol. The molecule has 174 valence electrons. The van der Waals surface area contributed by atoms with Crippen LogP contribution in [0.2, 0.25) is 0 Å². The minimum atomic E-state index is -1.70. The number of allylic oxidation sites excluding steroid dienone is 2. The van der Waals surface area contributed by atoms with Gasteiger partial charge in [0.1, 0.15) is 6.61 Å². The van der Waals surface area contributed by atoms with E-state index in [2.05, 4.69) is 6.58 Å². The Hall–Kier alpha value is -3.32. The number of benzene rings is 1. The lowest BCUT2D eigenvalue weighted by Crippen LogP contribution is -2.45. The predicted octanol–water partition coefficient (Wildman–Crippen LogP) is 5.24. The Morgan fingerprint density at radius 3 is 2.61 bits per heavy atom. The van der Waals surface area contributed by atoms with E-state index in [-0.39, 0.29) is 18.7 Å². The fraction of sp³-hybridized carbons (Fsp3) is 0.385. The molecule has 3 rings (SSSR count). The largest absolute Gasteiger partial charge is 0.459 e. The third kappa shape index (κ3) is 4.33. The number of aryl methyl sites for hydroxylation is 1. The number of carbonyl (C=O) groups is 1. The maximum absolute atomic E-state index is 12.4. The molecule has 2 aromatic rings. The van der Waals surface area contributed by atoms with E-state index in [0.717, 1.165) is 33.4 Å². The van der Waals surface area contributed by atoms with Gasteiger partial charge in [-0.15, -0.1) is 6.58 Å². The van der Waals surface area contributed by atoms with Crippen molar-refractivity contribution in [1.29, 1.82) is 0 Å². The molecule has 1 aromatic carbocycles. The lowest BCUT2D eigenvalue weighted by molar-refractivity contribution is -0.384. The van der Waals surface area contributed by atoms with Crippen LogP contribution < -0.4 is 0 Å². The number of non-ortho nitro benzene ring substituents is 1. The molecule has 1 aliphatic rings. The minimum absolute atomic E-state index is 0.0232. The molecule has 2 heterocycles. The van der Waals surface area contributed by atoms with Gasteiger partial charge in [-0.25, -0.2) is 9.78 Å². The van der Waals surface area contributed by atoms with E-state index >= 15 is 0 Å². The van der Waals surface area contributed by atoms with E-state index in [4.69, 9.17) is 9.72 Å². The number of nitro groups is 1. The van der Waals surface area contributed by atoms with Crippen LogP contribution in [0.3, 0.4) is 0 Å². The normalized spacial score (nSPS) is 19.1. The molecule has 0 unspecified atom stereocenters. The Kier molecular flexibility index (Phi) is 7.12. The first-order valence-corrected chi connectivity index (χ1v) is 11.2. The Morgan fingerprint density at radius 1 is 1.30 bits per heavy atom. The quantitative estimate of drug-likeness (QED) is 0.255. The molecule has 7 heteroatoms. The first-order valence-electron chi connectivity index (χ1n) is 11.2. The molecule has 1 N–H and O–H groups in total. The van der Waals surface area contributed by atoms with E-state index < -0.39 is 16.5 Å². The zero-order chi connectivity index (χ0) is 24.3. The lowest BCUT2D eigenvalue weighted by Gasteiger charge is -2.33. The van der Waals surface area contributed by atoms with Gasteiger partial charge in [-0.05, 0) is 66.5 Å². The Morgan fingerprint density at radius 2 is 2.03 bits per heavy atom. The highest BCUT2D eigenvalue weighted by Gasteiger charge is 2.43. The van der Waals surface area contributed by atoms with Crippen LogP contribution in [0.5, 0.6) is 0 Å². The van der Waals surface area contributed by atoms with Crippen molar-refractivity contribution >= 4 is 28.1 Å². The van der Waals surface area contributed by atoms with Crippen molar-refractivity contribution in [1.82, 2.24) is 4.98 Å². The predicted molar refractivity (Wildman–Crippen MR) is 129 cm³/mol. The second-order valence-electron chi connectivity index (χ2n) is 8.21.